The average molecular weight is 390 g/mol. The normalized spacial score (nSPS) is 13.8. The van der Waals surface area contributed by atoms with Gasteiger partial charge in [-0.1, -0.05) is 18.2 Å². The van der Waals surface area contributed by atoms with Gasteiger partial charge in [-0.05, 0) is 43.3 Å². The molecule has 146 valence electrons. The topological polar surface area (TPSA) is 89.7 Å². The summed E-state index contributed by atoms with van der Waals surface area (Å²) in [5.41, 5.74) is 2.16. The third-order valence-electron chi connectivity index (χ3n) is 4.67. The SMILES string of the molecule is Cc1oc(-c2ccccc2)nc1COC(=O)c1ccc(N2C(=O)CCC2=O)cc1. The van der Waals surface area contributed by atoms with Crippen LogP contribution in [0, 0.1) is 6.92 Å². The van der Waals surface area contributed by atoms with E-state index < -0.39 is 5.97 Å². The Kier molecular flexibility index (Phi) is 4.95. The molecule has 2 aromatic carbocycles. The van der Waals surface area contributed by atoms with Crippen LogP contribution in [0.15, 0.2) is 59.0 Å². The molecule has 0 atom stereocenters. The van der Waals surface area contributed by atoms with Crippen molar-refractivity contribution in [1.29, 1.82) is 0 Å². The van der Waals surface area contributed by atoms with Crippen LogP contribution in [0.5, 0.6) is 0 Å². The summed E-state index contributed by atoms with van der Waals surface area (Å²) in [4.78, 5) is 41.5. The number of oxazole rings is 1. The van der Waals surface area contributed by atoms with Gasteiger partial charge < -0.3 is 9.15 Å². The molecule has 1 aromatic heterocycles. The second-order valence-corrected chi connectivity index (χ2v) is 6.63. The van der Waals surface area contributed by atoms with E-state index in [-0.39, 0.29) is 31.3 Å². The van der Waals surface area contributed by atoms with Crippen molar-refractivity contribution in [3.8, 4) is 11.5 Å². The van der Waals surface area contributed by atoms with Gasteiger partial charge in [0.05, 0.1) is 11.3 Å². The third-order valence-corrected chi connectivity index (χ3v) is 4.67. The molecule has 0 saturated carbocycles. The first-order chi connectivity index (χ1) is 14.0. The largest absolute Gasteiger partial charge is 0.455 e. The Morgan fingerprint density at radius 2 is 1.69 bits per heavy atom. The van der Waals surface area contributed by atoms with Crippen LogP contribution < -0.4 is 4.90 Å². The Morgan fingerprint density at radius 3 is 2.34 bits per heavy atom. The number of benzene rings is 2. The van der Waals surface area contributed by atoms with Gasteiger partial charge in [-0.15, -0.1) is 0 Å². The van der Waals surface area contributed by atoms with Gasteiger partial charge in [-0.2, -0.15) is 0 Å². The Labute approximate surface area is 166 Å². The Bertz CT molecular complexity index is 1050. The van der Waals surface area contributed by atoms with Gasteiger partial charge in [-0.25, -0.2) is 9.78 Å². The zero-order valence-electron chi connectivity index (χ0n) is 15.8. The van der Waals surface area contributed by atoms with Gasteiger partial charge >= 0.3 is 5.97 Å². The van der Waals surface area contributed by atoms with E-state index in [2.05, 4.69) is 4.98 Å². The highest BCUT2D eigenvalue weighted by molar-refractivity contribution is 6.19. The van der Waals surface area contributed by atoms with E-state index in [0.717, 1.165) is 10.5 Å². The number of anilines is 1. The zero-order chi connectivity index (χ0) is 20.4. The minimum Gasteiger partial charge on any atom is -0.455 e. The lowest BCUT2D eigenvalue weighted by Gasteiger charge is -2.13. The van der Waals surface area contributed by atoms with E-state index in [4.69, 9.17) is 9.15 Å². The van der Waals surface area contributed by atoms with Crippen molar-refractivity contribution in [3.63, 3.8) is 0 Å². The van der Waals surface area contributed by atoms with Crippen LogP contribution >= 0.6 is 0 Å². The number of nitrogens with zero attached hydrogens (tertiary/aromatic N) is 2. The molecular weight excluding hydrogens is 372 g/mol. The molecule has 1 aliphatic rings. The lowest BCUT2D eigenvalue weighted by molar-refractivity contribution is -0.121. The smallest absolute Gasteiger partial charge is 0.338 e. The number of imide groups is 1. The lowest BCUT2D eigenvalue weighted by atomic mass is 10.2. The Hall–Kier alpha value is -3.74. The molecule has 2 amide bonds. The molecule has 1 saturated heterocycles. The molecule has 0 unspecified atom stereocenters. The summed E-state index contributed by atoms with van der Waals surface area (Å²) < 4.78 is 11.0. The lowest BCUT2D eigenvalue weighted by Crippen LogP contribution is -2.28. The molecule has 0 radical (unpaired) electrons. The second-order valence-electron chi connectivity index (χ2n) is 6.63. The second kappa shape index (κ2) is 7.71. The molecule has 2 heterocycles. The number of esters is 1. The molecule has 29 heavy (non-hydrogen) atoms. The Balaban J connectivity index is 1.42. The van der Waals surface area contributed by atoms with Crippen LogP contribution in [-0.2, 0) is 20.9 Å². The molecule has 0 spiro atoms. The fraction of sp³-hybridized carbons (Fsp3) is 0.182. The van der Waals surface area contributed by atoms with Gasteiger partial charge in [-0.3, -0.25) is 14.5 Å². The summed E-state index contributed by atoms with van der Waals surface area (Å²) in [5, 5.41) is 0. The molecule has 3 aromatic rings. The van der Waals surface area contributed by atoms with Crippen LogP contribution in [-0.4, -0.2) is 22.8 Å². The molecule has 7 nitrogen and oxygen atoms in total. The molecule has 4 rings (SSSR count). The number of carbonyl (C=O) groups excluding carboxylic acids is 3. The quantitative estimate of drug-likeness (QED) is 0.488. The first-order valence-corrected chi connectivity index (χ1v) is 9.17. The molecule has 0 N–H and O–H groups in total. The first-order valence-electron chi connectivity index (χ1n) is 9.17. The summed E-state index contributed by atoms with van der Waals surface area (Å²) >= 11 is 0. The predicted molar refractivity (Wildman–Crippen MR) is 104 cm³/mol. The predicted octanol–water partition coefficient (Wildman–Crippen LogP) is 3.66. The van der Waals surface area contributed by atoms with Crippen LogP contribution in [0.3, 0.4) is 0 Å². The van der Waals surface area contributed by atoms with E-state index in [0.29, 0.717) is 28.6 Å². The van der Waals surface area contributed by atoms with Gasteiger partial charge in [0, 0.05) is 18.4 Å². The minimum absolute atomic E-state index is 0.0220. The molecule has 0 aliphatic carbocycles. The van der Waals surface area contributed by atoms with Crippen LogP contribution in [0.2, 0.25) is 0 Å². The number of rotatable bonds is 5. The van der Waals surface area contributed by atoms with Gasteiger partial charge in [0.15, 0.2) is 0 Å². The van der Waals surface area contributed by atoms with Gasteiger partial charge in [0.2, 0.25) is 17.7 Å². The highest BCUT2D eigenvalue weighted by Crippen LogP contribution is 2.24. The van der Waals surface area contributed by atoms with Gasteiger partial charge in [0.1, 0.15) is 18.1 Å². The number of hydrogen-bond donors (Lipinski definition) is 0. The molecule has 7 heteroatoms. The minimum atomic E-state index is -0.528. The summed E-state index contributed by atoms with van der Waals surface area (Å²) in [6.45, 7) is 1.74. The zero-order valence-corrected chi connectivity index (χ0v) is 15.8. The molecule has 1 aliphatic heterocycles. The van der Waals surface area contributed by atoms with Crippen molar-refractivity contribution in [3.05, 3.63) is 71.6 Å². The summed E-state index contributed by atoms with van der Waals surface area (Å²) in [6.07, 6.45) is 0.426. The standard InChI is InChI=1S/C22H18N2O5/c1-14-18(23-21(29-14)15-5-3-2-4-6-15)13-28-22(27)16-7-9-17(10-8-16)24-19(25)11-12-20(24)26/h2-10H,11-13H2,1H3. The van der Waals surface area contributed by atoms with E-state index in [9.17, 15) is 14.4 Å². The first kappa shape index (κ1) is 18.6. The number of amides is 2. The molecule has 0 bridgehead atoms. The summed E-state index contributed by atoms with van der Waals surface area (Å²) in [6, 6.07) is 15.6. The number of hydrogen-bond acceptors (Lipinski definition) is 6. The van der Waals surface area contributed by atoms with Crippen molar-refractivity contribution in [2.24, 2.45) is 0 Å². The number of ether oxygens (including phenoxy) is 1. The average Bonchev–Trinajstić information content (AvgIpc) is 3.28. The monoisotopic (exact) mass is 390 g/mol. The molecular formula is C22H18N2O5. The maximum absolute atomic E-state index is 12.3. The van der Waals surface area contributed by atoms with Crippen LogP contribution in [0.25, 0.3) is 11.5 Å². The number of aromatic nitrogens is 1. The number of carbonyl (C=O) groups is 3. The van der Waals surface area contributed by atoms with Gasteiger partial charge in [0.25, 0.3) is 0 Å². The van der Waals surface area contributed by atoms with Crippen molar-refractivity contribution in [2.75, 3.05) is 4.90 Å². The van der Waals surface area contributed by atoms with Crippen molar-refractivity contribution < 1.29 is 23.5 Å². The van der Waals surface area contributed by atoms with E-state index in [1.54, 1.807) is 19.1 Å². The maximum atomic E-state index is 12.3. The third kappa shape index (κ3) is 3.80. The fourth-order valence-corrected chi connectivity index (χ4v) is 3.09. The highest BCUT2D eigenvalue weighted by Gasteiger charge is 2.30. The summed E-state index contributed by atoms with van der Waals surface area (Å²) in [5.74, 6) is 0.0536. The van der Waals surface area contributed by atoms with Crippen LogP contribution in [0.1, 0.15) is 34.7 Å². The van der Waals surface area contributed by atoms with Crippen LogP contribution in [0.4, 0.5) is 5.69 Å². The summed E-state index contributed by atoms with van der Waals surface area (Å²) in [7, 11) is 0. The maximum Gasteiger partial charge on any atom is 0.338 e. The van der Waals surface area contributed by atoms with Crippen molar-refractivity contribution >= 4 is 23.5 Å². The van der Waals surface area contributed by atoms with Crippen molar-refractivity contribution in [1.82, 2.24) is 4.98 Å². The van der Waals surface area contributed by atoms with E-state index in [1.807, 2.05) is 30.3 Å². The number of aryl methyl sites for hydroxylation is 1. The fourth-order valence-electron chi connectivity index (χ4n) is 3.09. The van der Waals surface area contributed by atoms with E-state index in [1.165, 1.54) is 12.1 Å². The highest BCUT2D eigenvalue weighted by atomic mass is 16.5. The Morgan fingerprint density at radius 1 is 1.03 bits per heavy atom. The van der Waals surface area contributed by atoms with Crippen molar-refractivity contribution in [2.45, 2.75) is 26.4 Å². The van der Waals surface area contributed by atoms with E-state index >= 15 is 0 Å². The molecule has 1 fully saturated rings.